The van der Waals surface area contributed by atoms with E-state index in [-0.39, 0.29) is 11.6 Å². The number of aromatic nitrogens is 1. The summed E-state index contributed by atoms with van der Waals surface area (Å²) in [6.45, 7) is 1.92. The lowest BCUT2D eigenvalue weighted by atomic mass is 10.1. The molecule has 47 heavy (non-hydrogen) atoms. The van der Waals surface area contributed by atoms with Crippen molar-refractivity contribution in [1.29, 1.82) is 0 Å². The van der Waals surface area contributed by atoms with E-state index in [2.05, 4.69) is 20.9 Å². The van der Waals surface area contributed by atoms with Crippen molar-refractivity contribution in [2.75, 3.05) is 10.6 Å². The Morgan fingerprint density at radius 1 is 0.872 bits per heavy atom. The van der Waals surface area contributed by atoms with Crippen molar-refractivity contribution in [2.45, 2.75) is 23.5 Å². The zero-order valence-electron chi connectivity index (χ0n) is 24.8. The molecule has 0 saturated carbocycles. The van der Waals surface area contributed by atoms with E-state index in [0.29, 0.717) is 49.1 Å². The first-order chi connectivity index (χ1) is 22.7. The molecular formula is C35H27Cl3N4O3S2. The van der Waals surface area contributed by atoms with Gasteiger partial charge in [-0.2, -0.15) is 0 Å². The number of halogens is 3. The third-order valence-corrected chi connectivity index (χ3v) is 9.60. The molecule has 0 fully saturated rings. The minimum atomic E-state index is -0.517. The molecular weight excluding hydrogens is 695 g/mol. The van der Waals surface area contributed by atoms with Crippen molar-refractivity contribution in [3.05, 3.63) is 134 Å². The molecule has 0 aliphatic rings. The first kappa shape index (κ1) is 34.2. The van der Waals surface area contributed by atoms with Crippen LogP contribution in [0.5, 0.6) is 0 Å². The number of amides is 3. The molecule has 1 atom stereocenters. The van der Waals surface area contributed by atoms with Crippen LogP contribution in [0, 0.1) is 0 Å². The van der Waals surface area contributed by atoms with Gasteiger partial charge in [0.25, 0.3) is 11.8 Å². The van der Waals surface area contributed by atoms with E-state index >= 15 is 0 Å². The molecule has 3 N–H and O–H groups in total. The second-order valence-corrected chi connectivity index (χ2v) is 13.5. The average Bonchev–Trinajstić information content (AvgIpc) is 3.52. The van der Waals surface area contributed by atoms with Crippen LogP contribution in [-0.2, 0) is 9.59 Å². The maximum Gasteiger partial charge on any atom is 0.272 e. The molecule has 4 aromatic carbocycles. The van der Waals surface area contributed by atoms with Gasteiger partial charge in [-0.1, -0.05) is 78.1 Å². The van der Waals surface area contributed by atoms with Gasteiger partial charge in [0.1, 0.15) is 5.70 Å². The van der Waals surface area contributed by atoms with E-state index in [1.807, 2.05) is 18.4 Å². The first-order valence-electron chi connectivity index (χ1n) is 14.3. The highest BCUT2D eigenvalue weighted by atomic mass is 35.5. The molecule has 0 aliphatic heterocycles. The second kappa shape index (κ2) is 16.1. The van der Waals surface area contributed by atoms with E-state index < -0.39 is 17.1 Å². The minimum Gasteiger partial charge on any atom is -0.321 e. The number of nitrogens with zero attached hydrogens (tertiary/aromatic N) is 1. The summed E-state index contributed by atoms with van der Waals surface area (Å²) in [5.74, 6) is -1.14. The van der Waals surface area contributed by atoms with Crippen molar-refractivity contribution in [2.24, 2.45) is 0 Å². The Morgan fingerprint density at radius 2 is 1.62 bits per heavy atom. The number of thioether (sulfide) groups is 1. The van der Waals surface area contributed by atoms with E-state index in [1.165, 1.54) is 23.1 Å². The fourth-order valence-electron chi connectivity index (χ4n) is 4.34. The second-order valence-electron chi connectivity index (χ2n) is 10.1. The van der Waals surface area contributed by atoms with Crippen LogP contribution in [0.3, 0.4) is 0 Å². The minimum absolute atomic E-state index is 0.0488. The van der Waals surface area contributed by atoms with Crippen LogP contribution in [-0.4, -0.2) is 28.0 Å². The lowest BCUT2D eigenvalue weighted by Gasteiger charge is -2.15. The molecule has 5 aromatic rings. The molecule has 0 spiro atoms. The van der Waals surface area contributed by atoms with Gasteiger partial charge in [-0.15, -0.1) is 23.1 Å². The van der Waals surface area contributed by atoms with Crippen LogP contribution >= 0.6 is 57.9 Å². The molecule has 238 valence electrons. The van der Waals surface area contributed by atoms with Crippen molar-refractivity contribution in [3.63, 3.8) is 0 Å². The Kier molecular flexibility index (Phi) is 11.7. The number of thiazole rings is 1. The molecule has 1 heterocycles. The molecule has 0 bridgehead atoms. The summed E-state index contributed by atoms with van der Waals surface area (Å²) in [5, 5.41) is 11.9. The number of benzene rings is 4. The van der Waals surface area contributed by atoms with E-state index in [9.17, 15) is 14.4 Å². The number of nitrogens with one attached hydrogen (secondary N) is 3. The maximum absolute atomic E-state index is 13.5. The highest BCUT2D eigenvalue weighted by Crippen LogP contribution is 2.33. The number of hydrogen-bond acceptors (Lipinski definition) is 6. The van der Waals surface area contributed by atoms with Crippen molar-refractivity contribution < 1.29 is 14.4 Å². The van der Waals surface area contributed by atoms with Gasteiger partial charge in [-0.05, 0) is 78.7 Å². The number of carbonyl (C=O) groups excluding carboxylic acids is 3. The van der Waals surface area contributed by atoms with Crippen LogP contribution in [0.2, 0.25) is 15.1 Å². The molecule has 7 nitrogen and oxygen atoms in total. The van der Waals surface area contributed by atoms with Gasteiger partial charge in [-0.3, -0.25) is 14.4 Å². The van der Waals surface area contributed by atoms with Crippen molar-refractivity contribution in [3.8, 4) is 11.3 Å². The van der Waals surface area contributed by atoms with Gasteiger partial charge < -0.3 is 16.0 Å². The van der Waals surface area contributed by atoms with Crippen molar-refractivity contribution in [1.82, 2.24) is 10.3 Å². The Hall–Kier alpha value is -4.12. The van der Waals surface area contributed by atoms with Crippen LogP contribution in [0.4, 0.5) is 10.8 Å². The summed E-state index contributed by atoms with van der Waals surface area (Å²) in [4.78, 5) is 45.0. The van der Waals surface area contributed by atoms with Gasteiger partial charge in [0, 0.05) is 37.1 Å². The van der Waals surface area contributed by atoms with Gasteiger partial charge in [0.05, 0.1) is 16.0 Å². The molecule has 0 saturated heterocycles. The number of carbonyl (C=O) groups is 3. The molecule has 1 aromatic heterocycles. The summed E-state index contributed by atoms with van der Waals surface area (Å²) < 4.78 is 0. The zero-order chi connectivity index (χ0) is 33.3. The predicted molar refractivity (Wildman–Crippen MR) is 195 cm³/mol. The number of rotatable bonds is 11. The standard InChI is InChI=1S/C35H27Cl3N4O3S2/c1-2-31(34(45)42-35-41-30(20-46-35)27-16-15-24(37)18-28(27)38)47-26-10-6-9-25(19-26)39-33(44)29(17-21-11-13-23(36)14-12-21)40-32(43)22-7-4-3-5-8-22/h3-20,31H,2H2,1H3,(H,39,44)(H,40,43)(H,41,42,45)/b29-17-. The average molecular weight is 722 g/mol. The van der Waals surface area contributed by atoms with E-state index in [0.717, 1.165) is 10.5 Å². The summed E-state index contributed by atoms with van der Waals surface area (Å²) in [6.07, 6.45) is 2.13. The largest absolute Gasteiger partial charge is 0.321 e. The third kappa shape index (κ3) is 9.47. The lowest BCUT2D eigenvalue weighted by Crippen LogP contribution is -2.30. The molecule has 5 rings (SSSR count). The Balaban J connectivity index is 1.27. The Labute approximate surface area is 295 Å². The smallest absolute Gasteiger partial charge is 0.272 e. The van der Waals surface area contributed by atoms with Gasteiger partial charge >= 0.3 is 0 Å². The topological polar surface area (TPSA) is 100 Å². The number of hydrogen-bond donors (Lipinski definition) is 3. The number of anilines is 2. The quantitative estimate of drug-likeness (QED) is 0.0932. The molecule has 3 amide bonds. The fraction of sp³-hybridized carbons (Fsp3) is 0.0857. The van der Waals surface area contributed by atoms with Crippen LogP contribution in [0.25, 0.3) is 17.3 Å². The fourth-order valence-corrected chi connectivity index (χ4v) is 6.70. The monoisotopic (exact) mass is 720 g/mol. The predicted octanol–water partition coefficient (Wildman–Crippen LogP) is 9.69. The van der Waals surface area contributed by atoms with E-state index in [1.54, 1.807) is 97.1 Å². The van der Waals surface area contributed by atoms with Gasteiger partial charge in [-0.25, -0.2) is 4.98 Å². The summed E-state index contributed by atoms with van der Waals surface area (Å²) in [7, 11) is 0. The van der Waals surface area contributed by atoms with Crippen LogP contribution < -0.4 is 16.0 Å². The summed E-state index contributed by atoms with van der Waals surface area (Å²) >= 11 is 21.0. The first-order valence-corrected chi connectivity index (χ1v) is 17.2. The van der Waals surface area contributed by atoms with Gasteiger partial charge in [0.15, 0.2) is 5.13 Å². The summed E-state index contributed by atoms with van der Waals surface area (Å²) in [5.41, 5.74) is 2.99. The van der Waals surface area contributed by atoms with Crippen LogP contribution in [0.1, 0.15) is 29.3 Å². The highest BCUT2D eigenvalue weighted by Gasteiger charge is 2.21. The summed E-state index contributed by atoms with van der Waals surface area (Å²) in [6, 6.07) is 27.9. The molecule has 0 radical (unpaired) electrons. The Morgan fingerprint density at radius 3 is 2.34 bits per heavy atom. The van der Waals surface area contributed by atoms with E-state index in [4.69, 9.17) is 34.8 Å². The molecule has 1 unspecified atom stereocenters. The Bertz CT molecular complexity index is 1930. The lowest BCUT2D eigenvalue weighted by molar-refractivity contribution is -0.116. The maximum atomic E-state index is 13.5. The third-order valence-electron chi connectivity index (χ3n) is 6.68. The van der Waals surface area contributed by atoms with Crippen LogP contribution in [0.15, 0.2) is 113 Å². The van der Waals surface area contributed by atoms with Gasteiger partial charge in [0.2, 0.25) is 5.91 Å². The molecule has 12 heteroatoms. The zero-order valence-corrected chi connectivity index (χ0v) is 28.7. The normalized spacial score (nSPS) is 11.9. The van der Waals surface area contributed by atoms with Crippen molar-refractivity contribution >= 4 is 92.5 Å². The highest BCUT2D eigenvalue weighted by molar-refractivity contribution is 8.00. The SMILES string of the molecule is CCC(Sc1cccc(NC(=O)/C(=C/c2ccc(Cl)cc2)NC(=O)c2ccccc2)c1)C(=O)Nc1nc(-c2ccc(Cl)cc2Cl)cs1. The molecule has 0 aliphatic carbocycles.